The van der Waals surface area contributed by atoms with Gasteiger partial charge in [0.15, 0.2) is 0 Å². The molecule has 1 N–H and O–H groups in total. The first-order valence-electron chi connectivity index (χ1n) is 11.0. The third-order valence-corrected chi connectivity index (χ3v) is 6.00. The molecule has 2 heterocycles. The Labute approximate surface area is 178 Å². The maximum absolute atomic E-state index is 13.4. The second kappa shape index (κ2) is 9.30. The number of hydrogen-bond donors (Lipinski definition) is 1. The summed E-state index contributed by atoms with van der Waals surface area (Å²) in [6.45, 7) is 9.05. The molecule has 3 aromatic rings. The summed E-state index contributed by atoms with van der Waals surface area (Å²) in [5, 5.41) is 0. The van der Waals surface area contributed by atoms with E-state index in [2.05, 4.69) is 46.8 Å². The summed E-state index contributed by atoms with van der Waals surface area (Å²) in [4.78, 5) is 28.3. The summed E-state index contributed by atoms with van der Waals surface area (Å²) in [5.41, 5.74) is 3.13. The minimum atomic E-state index is -0.235. The smallest absolute Gasteiger partial charge is 0.244 e. The highest BCUT2D eigenvalue weighted by atomic mass is 16.2. The van der Waals surface area contributed by atoms with Crippen LogP contribution in [0, 0.1) is 0 Å². The fourth-order valence-electron chi connectivity index (χ4n) is 4.35. The molecule has 1 atom stereocenters. The Balaban J connectivity index is 1.56. The average molecular weight is 406 g/mol. The molecule has 6 nitrogen and oxygen atoms in total. The summed E-state index contributed by atoms with van der Waals surface area (Å²) >= 11 is 0. The van der Waals surface area contributed by atoms with Crippen molar-refractivity contribution in [1.29, 1.82) is 0 Å². The number of fused-ring (bicyclic) bond motifs is 1. The highest BCUT2D eigenvalue weighted by Gasteiger charge is 2.31. The number of benzene rings is 2. The normalized spacial score (nSPS) is 16.4. The molecule has 0 aliphatic carbocycles. The van der Waals surface area contributed by atoms with Gasteiger partial charge in [0.2, 0.25) is 11.9 Å². The van der Waals surface area contributed by atoms with E-state index in [1.54, 1.807) is 0 Å². The molecule has 0 bridgehead atoms. The van der Waals surface area contributed by atoms with Crippen molar-refractivity contribution < 1.29 is 4.79 Å². The standard InChI is InChI=1S/C24H31N5O/c1-3-27(4-2)23(30)22(19-11-6-5-7-12-19)28-15-10-16-29(18-17-28)24-25-20-13-8-9-14-21(20)26-24/h5-9,11-14,22H,3-4,10,15-18H2,1-2H3,(H,25,26)/t22-/m0/s1. The number of para-hydroxylation sites is 2. The number of hydrogen-bond acceptors (Lipinski definition) is 4. The number of carbonyl (C=O) groups is 1. The van der Waals surface area contributed by atoms with E-state index in [0.29, 0.717) is 0 Å². The van der Waals surface area contributed by atoms with Gasteiger partial charge >= 0.3 is 0 Å². The average Bonchev–Trinajstić information content (AvgIpc) is 3.07. The lowest BCUT2D eigenvalue weighted by Crippen LogP contribution is -2.44. The van der Waals surface area contributed by atoms with E-state index in [-0.39, 0.29) is 11.9 Å². The van der Waals surface area contributed by atoms with Gasteiger partial charge in [0.05, 0.1) is 11.0 Å². The first-order valence-corrected chi connectivity index (χ1v) is 11.0. The fraction of sp³-hybridized carbons (Fsp3) is 0.417. The van der Waals surface area contributed by atoms with Crippen LogP contribution in [0.3, 0.4) is 0 Å². The second-order valence-corrected chi connectivity index (χ2v) is 7.78. The van der Waals surface area contributed by atoms with Gasteiger partial charge in [-0.1, -0.05) is 42.5 Å². The van der Waals surface area contributed by atoms with Crippen molar-refractivity contribution in [3.05, 3.63) is 60.2 Å². The number of carbonyl (C=O) groups excluding carboxylic acids is 1. The first-order chi connectivity index (χ1) is 14.7. The lowest BCUT2D eigenvalue weighted by atomic mass is 10.0. The molecule has 1 amide bonds. The van der Waals surface area contributed by atoms with E-state index in [9.17, 15) is 4.79 Å². The number of imidazole rings is 1. The van der Waals surface area contributed by atoms with E-state index in [4.69, 9.17) is 4.98 Å². The third kappa shape index (κ3) is 4.19. The number of nitrogens with one attached hydrogen (secondary N) is 1. The molecule has 0 spiro atoms. The molecule has 4 rings (SSSR count). The quantitative estimate of drug-likeness (QED) is 0.680. The van der Waals surface area contributed by atoms with E-state index >= 15 is 0 Å². The van der Waals surface area contributed by atoms with E-state index in [1.807, 2.05) is 41.3 Å². The Bertz CT molecular complexity index is 933. The van der Waals surface area contributed by atoms with Crippen LogP contribution < -0.4 is 4.90 Å². The van der Waals surface area contributed by atoms with Crippen molar-refractivity contribution in [1.82, 2.24) is 19.8 Å². The van der Waals surface area contributed by atoms with Crippen molar-refractivity contribution in [3.63, 3.8) is 0 Å². The zero-order valence-electron chi connectivity index (χ0n) is 17.9. The Morgan fingerprint density at radius 3 is 2.47 bits per heavy atom. The summed E-state index contributed by atoms with van der Waals surface area (Å²) < 4.78 is 0. The van der Waals surface area contributed by atoms with Crippen LogP contribution in [0.4, 0.5) is 5.95 Å². The Morgan fingerprint density at radius 2 is 1.73 bits per heavy atom. The van der Waals surface area contributed by atoms with E-state index < -0.39 is 0 Å². The van der Waals surface area contributed by atoms with Gasteiger partial charge in [0.1, 0.15) is 6.04 Å². The Hall–Kier alpha value is -2.86. The first kappa shape index (κ1) is 20.4. The van der Waals surface area contributed by atoms with Crippen LogP contribution in [0.2, 0.25) is 0 Å². The van der Waals surface area contributed by atoms with Crippen LogP contribution in [-0.4, -0.2) is 64.9 Å². The highest BCUT2D eigenvalue weighted by Crippen LogP contribution is 2.26. The molecular weight excluding hydrogens is 374 g/mol. The van der Waals surface area contributed by atoms with Crippen molar-refractivity contribution in [2.75, 3.05) is 44.2 Å². The molecule has 6 heteroatoms. The number of aromatic nitrogens is 2. The second-order valence-electron chi connectivity index (χ2n) is 7.78. The number of H-pyrrole nitrogens is 1. The van der Waals surface area contributed by atoms with Crippen molar-refractivity contribution >= 4 is 22.9 Å². The number of likely N-dealkylation sites (N-methyl/N-ethyl adjacent to an activating group) is 1. The molecule has 1 aromatic heterocycles. The molecular formula is C24H31N5O. The van der Waals surface area contributed by atoms with Gasteiger partial charge in [0.25, 0.3) is 0 Å². The van der Waals surface area contributed by atoms with Crippen molar-refractivity contribution in [2.24, 2.45) is 0 Å². The van der Waals surface area contributed by atoms with Crippen LogP contribution in [0.15, 0.2) is 54.6 Å². The zero-order chi connectivity index (χ0) is 20.9. The molecule has 1 saturated heterocycles. The van der Waals surface area contributed by atoms with Crippen LogP contribution in [0.5, 0.6) is 0 Å². The molecule has 1 fully saturated rings. The predicted octanol–water partition coefficient (Wildman–Crippen LogP) is 3.68. The minimum Gasteiger partial charge on any atom is -0.342 e. The number of aromatic amines is 1. The SMILES string of the molecule is CCN(CC)C(=O)[C@H](c1ccccc1)N1CCCN(c2nc3ccccc3[nH]2)CC1. The summed E-state index contributed by atoms with van der Waals surface area (Å²) in [5.74, 6) is 1.12. The van der Waals surface area contributed by atoms with Crippen molar-refractivity contribution in [2.45, 2.75) is 26.3 Å². The van der Waals surface area contributed by atoms with Gasteiger partial charge in [-0.2, -0.15) is 0 Å². The van der Waals surface area contributed by atoms with Gasteiger partial charge in [-0.05, 0) is 38.0 Å². The van der Waals surface area contributed by atoms with Gasteiger partial charge < -0.3 is 14.8 Å². The molecule has 0 radical (unpaired) electrons. The lowest BCUT2D eigenvalue weighted by molar-refractivity contribution is -0.137. The molecule has 1 aliphatic rings. The monoisotopic (exact) mass is 405 g/mol. The molecule has 30 heavy (non-hydrogen) atoms. The summed E-state index contributed by atoms with van der Waals surface area (Å²) in [6.07, 6.45) is 0.992. The van der Waals surface area contributed by atoms with Gasteiger partial charge in [-0.25, -0.2) is 4.98 Å². The largest absolute Gasteiger partial charge is 0.342 e. The fourth-order valence-corrected chi connectivity index (χ4v) is 4.35. The van der Waals surface area contributed by atoms with Crippen molar-refractivity contribution in [3.8, 4) is 0 Å². The minimum absolute atomic E-state index is 0.198. The topological polar surface area (TPSA) is 55.5 Å². The van der Waals surface area contributed by atoms with Gasteiger partial charge in [-0.3, -0.25) is 9.69 Å². The molecule has 2 aromatic carbocycles. The van der Waals surface area contributed by atoms with Gasteiger partial charge in [0, 0.05) is 39.3 Å². The summed E-state index contributed by atoms with van der Waals surface area (Å²) in [7, 11) is 0. The van der Waals surface area contributed by atoms with E-state index in [1.165, 1.54) is 0 Å². The number of amides is 1. The van der Waals surface area contributed by atoms with Crippen LogP contribution in [0.1, 0.15) is 31.9 Å². The maximum atomic E-state index is 13.4. The Morgan fingerprint density at radius 1 is 1.00 bits per heavy atom. The van der Waals surface area contributed by atoms with Crippen LogP contribution >= 0.6 is 0 Å². The highest BCUT2D eigenvalue weighted by molar-refractivity contribution is 5.83. The van der Waals surface area contributed by atoms with Gasteiger partial charge in [-0.15, -0.1) is 0 Å². The predicted molar refractivity (Wildman–Crippen MR) is 122 cm³/mol. The molecule has 0 saturated carbocycles. The summed E-state index contributed by atoms with van der Waals surface area (Å²) in [6, 6.07) is 18.1. The van der Waals surface area contributed by atoms with E-state index in [0.717, 1.165) is 68.2 Å². The van der Waals surface area contributed by atoms with Crippen LogP contribution in [-0.2, 0) is 4.79 Å². The molecule has 1 aliphatic heterocycles. The molecule has 0 unspecified atom stereocenters. The Kier molecular flexibility index (Phi) is 6.33. The number of anilines is 1. The zero-order valence-corrected chi connectivity index (χ0v) is 17.9. The third-order valence-electron chi connectivity index (χ3n) is 6.00. The van der Waals surface area contributed by atoms with Crippen LogP contribution in [0.25, 0.3) is 11.0 Å². The number of nitrogens with zero attached hydrogens (tertiary/aromatic N) is 4. The number of rotatable bonds is 6. The molecule has 158 valence electrons. The maximum Gasteiger partial charge on any atom is 0.244 e. The lowest BCUT2D eigenvalue weighted by Gasteiger charge is -2.33.